The summed E-state index contributed by atoms with van der Waals surface area (Å²) in [6.45, 7) is 4.77. The van der Waals surface area contributed by atoms with Crippen molar-refractivity contribution < 1.29 is 0 Å². The number of hydrogen-bond acceptors (Lipinski definition) is 2. The quantitative estimate of drug-likeness (QED) is 0.168. The van der Waals surface area contributed by atoms with E-state index in [9.17, 15) is 0 Å². The predicted molar refractivity (Wildman–Crippen MR) is 252 cm³/mol. The average Bonchev–Trinajstić information content (AvgIpc) is 3.88. The maximum atomic E-state index is 2.56. The van der Waals surface area contributed by atoms with Gasteiger partial charge in [0.2, 0.25) is 0 Å². The van der Waals surface area contributed by atoms with Crippen LogP contribution in [-0.2, 0) is 10.8 Å². The highest BCUT2D eigenvalue weighted by Gasteiger charge is 2.44. The van der Waals surface area contributed by atoms with E-state index in [0.29, 0.717) is 0 Å². The second-order valence-electron chi connectivity index (χ2n) is 17.5. The third-order valence-corrected chi connectivity index (χ3v) is 15.3. The number of fused-ring (bicyclic) bond motifs is 11. The number of anilines is 3. The first kappa shape index (κ1) is 34.8. The highest BCUT2D eigenvalue weighted by Crippen LogP contribution is 2.58. The van der Waals surface area contributed by atoms with Gasteiger partial charge in [0, 0.05) is 37.7 Å². The molecular weight excluding hydrogens is 731 g/mol. The third kappa shape index (κ3) is 5.09. The summed E-state index contributed by atoms with van der Waals surface area (Å²) >= 11 is 1.91. The van der Waals surface area contributed by atoms with Crippen LogP contribution >= 0.6 is 11.3 Å². The van der Waals surface area contributed by atoms with Crippen molar-refractivity contribution in [2.45, 2.75) is 56.8 Å². The lowest BCUT2D eigenvalue weighted by Crippen LogP contribution is -2.28. The summed E-state index contributed by atoms with van der Waals surface area (Å²) in [6, 6.07) is 66.6. The Morgan fingerprint density at radius 1 is 0.441 bits per heavy atom. The molecule has 2 heteroatoms. The molecule has 1 nitrogen and oxygen atoms in total. The monoisotopic (exact) mass is 775 g/mol. The molecule has 12 rings (SSSR count). The van der Waals surface area contributed by atoms with Crippen molar-refractivity contribution >= 4 is 48.6 Å². The molecule has 284 valence electrons. The van der Waals surface area contributed by atoms with E-state index >= 15 is 0 Å². The second-order valence-corrected chi connectivity index (χ2v) is 18.5. The molecule has 3 aliphatic carbocycles. The summed E-state index contributed by atoms with van der Waals surface area (Å²) in [5, 5.41) is 2.64. The molecule has 1 fully saturated rings. The predicted octanol–water partition coefficient (Wildman–Crippen LogP) is 16.4. The molecule has 3 aliphatic rings. The SMILES string of the molecule is CC1(C)c2ccccc2-c2cccc(-c3ccccc3-c3ccc(N(c4ccc5c(c4)C4(CCCCC4)c4ccccc4-5)c4cccc5c4sc4ccccc45)cc3)c21. The van der Waals surface area contributed by atoms with Crippen LogP contribution in [-0.4, -0.2) is 0 Å². The van der Waals surface area contributed by atoms with Crippen LogP contribution in [0.25, 0.3) is 64.7 Å². The lowest BCUT2D eigenvalue weighted by Gasteiger charge is -2.36. The third-order valence-electron chi connectivity index (χ3n) is 14.1. The van der Waals surface area contributed by atoms with Crippen LogP contribution in [0, 0.1) is 0 Å². The topological polar surface area (TPSA) is 3.24 Å². The van der Waals surface area contributed by atoms with Crippen molar-refractivity contribution in [3.63, 3.8) is 0 Å². The first-order valence-electron chi connectivity index (χ1n) is 21.4. The van der Waals surface area contributed by atoms with Crippen molar-refractivity contribution in [3.8, 4) is 44.5 Å². The van der Waals surface area contributed by atoms with E-state index in [1.807, 2.05) is 11.3 Å². The zero-order valence-electron chi connectivity index (χ0n) is 33.6. The molecule has 0 bridgehead atoms. The van der Waals surface area contributed by atoms with Crippen LogP contribution in [0.1, 0.15) is 68.2 Å². The van der Waals surface area contributed by atoms with Crippen LogP contribution in [0.3, 0.4) is 0 Å². The highest BCUT2D eigenvalue weighted by atomic mass is 32.1. The van der Waals surface area contributed by atoms with E-state index in [-0.39, 0.29) is 10.8 Å². The first-order chi connectivity index (χ1) is 29.0. The van der Waals surface area contributed by atoms with Gasteiger partial charge in [-0.2, -0.15) is 0 Å². The molecule has 0 N–H and O–H groups in total. The smallest absolute Gasteiger partial charge is 0.0640 e. The van der Waals surface area contributed by atoms with Crippen molar-refractivity contribution in [3.05, 3.63) is 198 Å². The second kappa shape index (κ2) is 13.1. The van der Waals surface area contributed by atoms with Crippen LogP contribution in [0.15, 0.2) is 176 Å². The molecule has 1 aromatic heterocycles. The lowest BCUT2D eigenvalue weighted by molar-refractivity contribution is 0.353. The van der Waals surface area contributed by atoms with E-state index < -0.39 is 0 Å². The van der Waals surface area contributed by atoms with Crippen LogP contribution < -0.4 is 4.90 Å². The highest BCUT2D eigenvalue weighted by molar-refractivity contribution is 7.26. The molecule has 59 heavy (non-hydrogen) atoms. The van der Waals surface area contributed by atoms with Crippen LogP contribution in [0.2, 0.25) is 0 Å². The zero-order chi connectivity index (χ0) is 39.3. The summed E-state index contributed by atoms with van der Waals surface area (Å²) in [5.41, 5.74) is 20.1. The summed E-state index contributed by atoms with van der Waals surface area (Å²) in [5.74, 6) is 0. The Bertz CT molecular complexity index is 3120. The number of benzene rings is 8. The molecule has 0 atom stereocenters. The number of hydrogen-bond donors (Lipinski definition) is 0. The van der Waals surface area contributed by atoms with Gasteiger partial charge < -0.3 is 4.90 Å². The Morgan fingerprint density at radius 3 is 1.81 bits per heavy atom. The molecule has 0 aliphatic heterocycles. The molecule has 1 saturated carbocycles. The molecule has 0 amide bonds. The molecule has 0 radical (unpaired) electrons. The van der Waals surface area contributed by atoms with Crippen molar-refractivity contribution in [2.75, 3.05) is 4.90 Å². The van der Waals surface area contributed by atoms with E-state index in [1.165, 1.54) is 136 Å². The minimum Gasteiger partial charge on any atom is -0.309 e. The summed E-state index contributed by atoms with van der Waals surface area (Å²) in [6.07, 6.45) is 6.32. The maximum absolute atomic E-state index is 2.56. The van der Waals surface area contributed by atoms with Gasteiger partial charge in [-0.3, -0.25) is 0 Å². The van der Waals surface area contributed by atoms with Gasteiger partial charge in [0.25, 0.3) is 0 Å². The van der Waals surface area contributed by atoms with Crippen molar-refractivity contribution in [2.24, 2.45) is 0 Å². The zero-order valence-corrected chi connectivity index (χ0v) is 34.5. The van der Waals surface area contributed by atoms with E-state index in [0.717, 1.165) is 0 Å². The fourth-order valence-electron chi connectivity index (χ4n) is 11.4. The van der Waals surface area contributed by atoms with Gasteiger partial charge in [0.1, 0.15) is 0 Å². The average molecular weight is 776 g/mol. The van der Waals surface area contributed by atoms with Gasteiger partial charge in [0.05, 0.1) is 10.4 Å². The Labute approximate surface area is 351 Å². The van der Waals surface area contributed by atoms with Crippen LogP contribution in [0.4, 0.5) is 17.1 Å². The number of nitrogens with zero attached hydrogens (tertiary/aromatic N) is 1. The molecule has 1 spiro atoms. The van der Waals surface area contributed by atoms with Gasteiger partial charge in [-0.1, -0.05) is 173 Å². The Hall–Kier alpha value is -6.22. The van der Waals surface area contributed by atoms with E-state index in [4.69, 9.17) is 0 Å². The van der Waals surface area contributed by atoms with E-state index in [2.05, 4.69) is 195 Å². The van der Waals surface area contributed by atoms with E-state index in [1.54, 1.807) is 0 Å². The Balaban J connectivity index is 1.02. The normalized spacial score (nSPS) is 15.6. The van der Waals surface area contributed by atoms with Gasteiger partial charge in [-0.05, 0) is 116 Å². The fraction of sp³-hybridized carbons (Fsp3) is 0.158. The summed E-state index contributed by atoms with van der Waals surface area (Å²) in [7, 11) is 0. The van der Waals surface area contributed by atoms with Gasteiger partial charge in [-0.25, -0.2) is 0 Å². The molecular formula is C57H45NS. The van der Waals surface area contributed by atoms with Gasteiger partial charge >= 0.3 is 0 Å². The Morgan fingerprint density at radius 2 is 1.02 bits per heavy atom. The van der Waals surface area contributed by atoms with Crippen molar-refractivity contribution in [1.82, 2.24) is 0 Å². The molecule has 8 aromatic carbocycles. The molecule has 0 saturated heterocycles. The van der Waals surface area contributed by atoms with Crippen molar-refractivity contribution in [1.29, 1.82) is 0 Å². The lowest BCUT2D eigenvalue weighted by atomic mass is 9.68. The van der Waals surface area contributed by atoms with Gasteiger partial charge in [-0.15, -0.1) is 11.3 Å². The molecule has 9 aromatic rings. The minimum absolute atomic E-state index is 0.0800. The largest absolute Gasteiger partial charge is 0.309 e. The summed E-state index contributed by atoms with van der Waals surface area (Å²) in [4.78, 5) is 2.54. The maximum Gasteiger partial charge on any atom is 0.0640 e. The fourth-order valence-corrected chi connectivity index (χ4v) is 12.7. The number of thiophene rings is 1. The minimum atomic E-state index is -0.0962. The van der Waals surface area contributed by atoms with Gasteiger partial charge in [0.15, 0.2) is 0 Å². The standard InChI is InChI=1S/C57H45NS/c1-56(2)49-24-9-6-19-43(49)47-22-14-21-46(54(47)56)41-17-5-4-16-40(41)37-28-30-38(31-29-37)58(52-26-15-23-48-45-20-8-11-27-53(45)59-55(48)52)39-32-33-44-42-18-7-10-25-50(42)57(51(44)36-39)34-12-3-13-35-57/h4-11,14-33,36H,3,12-13,34-35H2,1-2H3. The Kier molecular flexibility index (Phi) is 7.75. The molecule has 0 unspecified atom stereocenters. The number of rotatable bonds is 5. The summed E-state index contributed by atoms with van der Waals surface area (Å²) < 4.78 is 2.65. The molecule has 1 heterocycles. The first-order valence-corrected chi connectivity index (χ1v) is 22.2. The van der Waals surface area contributed by atoms with Crippen LogP contribution in [0.5, 0.6) is 0 Å².